The summed E-state index contributed by atoms with van der Waals surface area (Å²) in [5.74, 6) is 0.677. The first-order chi connectivity index (χ1) is 8.13. The molecule has 0 aliphatic rings. The summed E-state index contributed by atoms with van der Waals surface area (Å²) in [5, 5.41) is 7.33. The molecule has 1 N–H and O–H groups in total. The molecule has 0 bridgehead atoms. The van der Waals surface area contributed by atoms with Gasteiger partial charge in [0.05, 0.1) is 11.9 Å². The number of hydrogen-bond acceptors (Lipinski definition) is 3. The van der Waals surface area contributed by atoms with E-state index in [4.69, 9.17) is 0 Å². The Morgan fingerprint density at radius 3 is 2.82 bits per heavy atom. The SMILES string of the molecule is CCCNc1cnn(CCCC(C)C)c(=O)c1. The minimum atomic E-state index is -0.0186. The van der Waals surface area contributed by atoms with Gasteiger partial charge in [-0.1, -0.05) is 20.8 Å². The van der Waals surface area contributed by atoms with Gasteiger partial charge in [0, 0.05) is 19.2 Å². The van der Waals surface area contributed by atoms with Crippen LogP contribution in [0.5, 0.6) is 0 Å². The van der Waals surface area contributed by atoms with Crippen LogP contribution in [0.3, 0.4) is 0 Å². The fourth-order valence-electron chi connectivity index (χ4n) is 1.62. The first-order valence-corrected chi connectivity index (χ1v) is 6.44. The Hall–Kier alpha value is -1.32. The quantitative estimate of drug-likeness (QED) is 0.792. The van der Waals surface area contributed by atoms with E-state index in [1.54, 1.807) is 16.9 Å². The van der Waals surface area contributed by atoms with Gasteiger partial charge in [-0.05, 0) is 25.2 Å². The van der Waals surface area contributed by atoms with Crippen molar-refractivity contribution in [3.05, 3.63) is 22.6 Å². The molecule has 0 aromatic carbocycles. The van der Waals surface area contributed by atoms with E-state index < -0.39 is 0 Å². The zero-order valence-electron chi connectivity index (χ0n) is 11.1. The summed E-state index contributed by atoms with van der Waals surface area (Å²) in [5.41, 5.74) is 0.798. The van der Waals surface area contributed by atoms with E-state index in [0.29, 0.717) is 12.5 Å². The normalized spacial score (nSPS) is 10.8. The van der Waals surface area contributed by atoms with Gasteiger partial charge in [0.25, 0.3) is 5.56 Å². The lowest BCUT2D eigenvalue weighted by molar-refractivity contribution is 0.477. The first kappa shape index (κ1) is 13.7. The van der Waals surface area contributed by atoms with Crippen molar-refractivity contribution in [3.63, 3.8) is 0 Å². The number of nitrogens with zero attached hydrogens (tertiary/aromatic N) is 2. The number of aromatic nitrogens is 2. The van der Waals surface area contributed by atoms with Crippen LogP contribution >= 0.6 is 0 Å². The molecule has 96 valence electrons. The van der Waals surface area contributed by atoms with E-state index in [1.807, 2.05) is 0 Å². The van der Waals surface area contributed by atoms with Gasteiger partial charge in [-0.15, -0.1) is 0 Å². The van der Waals surface area contributed by atoms with Gasteiger partial charge < -0.3 is 5.32 Å². The molecule has 0 amide bonds. The standard InChI is InChI=1S/C13H23N3O/c1-4-7-14-12-9-13(17)16(15-10-12)8-5-6-11(2)3/h9-11,14H,4-8H2,1-3H3. The van der Waals surface area contributed by atoms with E-state index in [1.165, 1.54) is 0 Å². The Morgan fingerprint density at radius 2 is 2.24 bits per heavy atom. The van der Waals surface area contributed by atoms with Gasteiger partial charge in [-0.2, -0.15) is 5.10 Å². The third kappa shape index (κ3) is 5.02. The van der Waals surface area contributed by atoms with Gasteiger partial charge in [-0.3, -0.25) is 4.79 Å². The minimum absolute atomic E-state index is 0.0186. The largest absolute Gasteiger partial charge is 0.384 e. The van der Waals surface area contributed by atoms with E-state index in [-0.39, 0.29) is 5.56 Å². The molecule has 0 radical (unpaired) electrons. The fourth-order valence-corrected chi connectivity index (χ4v) is 1.62. The Labute approximate surface area is 103 Å². The lowest BCUT2D eigenvalue weighted by Gasteiger charge is -2.08. The van der Waals surface area contributed by atoms with E-state index in [9.17, 15) is 4.79 Å². The molecule has 1 rings (SSSR count). The van der Waals surface area contributed by atoms with Crippen molar-refractivity contribution >= 4 is 5.69 Å². The molecule has 1 aromatic rings. The summed E-state index contributed by atoms with van der Waals surface area (Å²) in [6, 6.07) is 1.62. The molecule has 17 heavy (non-hydrogen) atoms. The Balaban J connectivity index is 2.54. The van der Waals surface area contributed by atoms with Crippen molar-refractivity contribution in [2.45, 2.75) is 46.6 Å². The molecular weight excluding hydrogens is 214 g/mol. The van der Waals surface area contributed by atoms with Crippen molar-refractivity contribution < 1.29 is 0 Å². The number of nitrogens with one attached hydrogen (secondary N) is 1. The molecule has 0 aliphatic heterocycles. The van der Waals surface area contributed by atoms with Gasteiger partial charge in [0.2, 0.25) is 0 Å². The van der Waals surface area contributed by atoms with E-state index >= 15 is 0 Å². The Morgan fingerprint density at radius 1 is 1.47 bits per heavy atom. The van der Waals surface area contributed by atoms with Crippen LogP contribution in [0.4, 0.5) is 5.69 Å². The number of rotatable bonds is 7. The molecule has 0 aliphatic carbocycles. The van der Waals surface area contributed by atoms with Crippen molar-refractivity contribution in [3.8, 4) is 0 Å². The lowest BCUT2D eigenvalue weighted by atomic mass is 10.1. The molecule has 0 fully saturated rings. The third-order valence-electron chi connectivity index (χ3n) is 2.60. The van der Waals surface area contributed by atoms with E-state index in [0.717, 1.165) is 31.5 Å². The zero-order valence-corrected chi connectivity index (χ0v) is 11.1. The highest BCUT2D eigenvalue weighted by atomic mass is 16.1. The zero-order chi connectivity index (χ0) is 12.7. The van der Waals surface area contributed by atoms with Crippen LogP contribution in [0.1, 0.15) is 40.0 Å². The van der Waals surface area contributed by atoms with Gasteiger partial charge in [-0.25, -0.2) is 4.68 Å². The number of hydrogen-bond donors (Lipinski definition) is 1. The monoisotopic (exact) mass is 237 g/mol. The maximum absolute atomic E-state index is 11.7. The topological polar surface area (TPSA) is 46.9 Å². The molecule has 1 aromatic heterocycles. The molecule has 0 unspecified atom stereocenters. The predicted octanol–water partition coefficient (Wildman–Crippen LogP) is 2.50. The summed E-state index contributed by atoms with van der Waals surface area (Å²) in [4.78, 5) is 11.7. The summed E-state index contributed by atoms with van der Waals surface area (Å²) in [6.45, 7) is 8.05. The fraction of sp³-hybridized carbons (Fsp3) is 0.692. The minimum Gasteiger partial charge on any atom is -0.384 e. The van der Waals surface area contributed by atoms with Crippen LogP contribution in [0.2, 0.25) is 0 Å². The van der Waals surface area contributed by atoms with Crippen molar-refractivity contribution in [1.29, 1.82) is 0 Å². The molecule has 1 heterocycles. The Bertz CT molecular complexity index is 384. The van der Waals surface area contributed by atoms with Crippen LogP contribution < -0.4 is 10.9 Å². The summed E-state index contributed by atoms with van der Waals surface area (Å²) < 4.78 is 1.54. The van der Waals surface area contributed by atoms with Crippen LogP contribution in [-0.2, 0) is 6.54 Å². The average Bonchev–Trinajstić information content (AvgIpc) is 2.28. The van der Waals surface area contributed by atoms with Crippen molar-refractivity contribution in [2.75, 3.05) is 11.9 Å². The average molecular weight is 237 g/mol. The van der Waals surface area contributed by atoms with Gasteiger partial charge in [0.15, 0.2) is 0 Å². The predicted molar refractivity (Wildman–Crippen MR) is 71.3 cm³/mol. The Kier molecular flexibility index (Phi) is 5.73. The van der Waals surface area contributed by atoms with E-state index in [2.05, 4.69) is 31.2 Å². The molecule has 4 heteroatoms. The highest BCUT2D eigenvalue weighted by Gasteiger charge is 2.00. The molecule has 0 spiro atoms. The van der Waals surface area contributed by atoms with Crippen molar-refractivity contribution in [2.24, 2.45) is 5.92 Å². The smallest absolute Gasteiger partial charge is 0.268 e. The second-order valence-corrected chi connectivity index (χ2v) is 4.77. The summed E-state index contributed by atoms with van der Waals surface area (Å²) in [7, 11) is 0. The lowest BCUT2D eigenvalue weighted by Crippen LogP contribution is -2.23. The molecule has 0 saturated heterocycles. The highest BCUT2D eigenvalue weighted by molar-refractivity contribution is 5.38. The number of aryl methyl sites for hydroxylation is 1. The summed E-state index contributed by atoms with van der Waals surface area (Å²) >= 11 is 0. The maximum Gasteiger partial charge on any atom is 0.268 e. The molecule has 0 atom stereocenters. The van der Waals surface area contributed by atoms with Crippen LogP contribution in [0, 0.1) is 5.92 Å². The highest BCUT2D eigenvalue weighted by Crippen LogP contribution is 2.04. The second-order valence-electron chi connectivity index (χ2n) is 4.77. The maximum atomic E-state index is 11.7. The van der Waals surface area contributed by atoms with Crippen LogP contribution in [0.25, 0.3) is 0 Å². The summed E-state index contributed by atoms with van der Waals surface area (Å²) in [6.07, 6.45) is 4.90. The van der Waals surface area contributed by atoms with Crippen LogP contribution in [0.15, 0.2) is 17.1 Å². The number of anilines is 1. The molecule has 4 nitrogen and oxygen atoms in total. The molecular formula is C13H23N3O. The van der Waals surface area contributed by atoms with Crippen molar-refractivity contribution in [1.82, 2.24) is 9.78 Å². The molecule has 0 saturated carbocycles. The van der Waals surface area contributed by atoms with Crippen LogP contribution in [-0.4, -0.2) is 16.3 Å². The van der Waals surface area contributed by atoms with Gasteiger partial charge in [0.1, 0.15) is 0 Å². The third-order valence-corrected chi connectivity index (χ3v) is 2.60. The second kappa shape index (κ2) is 7.09. The van der Waals surface area contributed by atoms with Gasteiger partial charge >= 0.3 is 0 Å². The first-order valence-electron chi connectivity index (χ1n) is 6.44.